The summed E-state index contributed by atoms with van der Waals surface area (Å²) in [5.74, 6) is -0.294. The molecule has 0 saturated heterocycles. The van der Waals surface area contributed by atoms with E-state index in [1.807, 2.05) is 0 Å². The third-order valence-electron chi connectivity index (χ3n) is 2.37. The predicted octanol–water partition coefficient (Wildman–Crippen LogP) is 0.230. The molecule has 2 aromatic rings. The molecule has 0 fully saturated rings. The topological polar surface area (TPSA) is 79.5 Å². The summed E-state index contributed by atoms with van der Waals surface area (Å²) >= 11 is 0. The van der Waals surface area contributed by atoms with Crippen LogP contribution in [0.4, 0.5) is 0 Å². The average Bonchev–Trinajstić information content (AvgIpc) is 2.72. The van der Waals surface area contributed by atoms with Crippen molar-refractivity contribution in [3.05, 3.63) is 30.2 Å². The molecule has 1 amide bonds. The number of aliphatic hydroxyl groups is 1. The predicted molar refractivity (Wildman–Crippen MR) is 61.6 cm³/mol. The van der Waals surface area contributed by atoms with Crippen LogP contribution in [0.15, 0.2) is 24.7 Å². The molecule has 0 aliphatic carbocycles. The van der Waals surface area contributed by atoms with Gasteiger partial charge in [0.05, 0.1) is 18.3 Å². The maximum atomic E-state index is 12.0. The molecule has 0 aliphatic rings. The van der Waals surface area contributed by atoms with E-state index < -0.39 is 5.54 Å². The second-order valence-corrected chi connectivity index (χ2v) is 4.44. The molecule has 0 atom stereocenters. The van der Waals surface area contributed by atoms with Crippen molar-refractivity contribution in [2.45, 2.75) is 19.4 Å². The number of hydrogen-bond donors (Lipinski definition) is 2. The standard InChI is InChI=1S/C11H14N4O2/c1-11(2,7-16)14-10(17)8-6-13-15-5-3-4-12-9(8)15/h3-6,16H,7H2,1-2H3,(H,14,17). The van der Waals surface area contributed by atoms with Crippen LogP contribution in [0, 0.1) is 0 Å². The molecule has 2 aromatic heterocycles. The number of carbonyl (C=O) groups excluding carboxylic acids is 1. The van der Waals surface area contributed by atoms with Crippen molar-refractivity contribution in [2.24, 2.45) is 0 Å². The number of aromatic nitrogens is 3. The molecule has 6 nitrogen and oxygen atoms in total. The van der Waals surface area contributed by atoms with E-state index in [1.54, 1.807) is 32.3 Å². The van der Waals surface area contributed by atoms with Gasteiger partial charge >= 0.3 is 0 Å². The van der Waals surface area contributed by atoms with Crippen LogP contribution in [0.5, 0.6) is 0 Å². The van der Waals surface area contributed by atoms with Crippen LogP contribution >= 0.6 is 0 Å². The lowest BCUT2D eigenvalue weighted by molar-refractivity contribution is 0.0871. The van der Waals surface area contributed by atoms with Gasteiger partial charge in [0, 0.05) is 12.4 Å². The van der Waals surface area contributed by atoms with Crippen molar-refractivity contribution in [3.63, 3.8) is 0 Å². The maximum Gasteiger partial charge on any atom is 0.257 e. The fraction of sp³-hybridized carbons (Fsp3) is 0.364. The molecule has 17 heavy (non-hydrogen) atoms. The third kappa shape index (κ3) is 2.26. The summed E-state index contributed by atoms with van der Waals surface area (Å²) in [4.78, 5) is 16.1. The number of carbonyl (C=O) groups is 1. The highest BCUT2D eigenvalue weighted by Crippen LogP contribution is 2.09. The van der Waals surface area contributed by atoms with Crippen LogP contribution in [-0.4, -0.2) is 37.8 Å². The number of amides is 1. The van der Waals surface area contributed by atoms with Crippen molar-refractivity contribution >= 4 is 11.6 Å². The lowest BCUT2D eigenvalue weighted by atomic mass is 10.1. The summed E-state index contributed by atoms with van der Waals surface area (Å²) in [6, 6.07) is 1.74. The molecule has 0 unspecified atom stereocenters. The molecule has 2 rings (SSSR count). The fourth-order valence-electron chi connectivity index (χ4n) is 1.40. The molecule has 90 valence electrons. The zero-order chi connectivity index (χ0) is 12.5. The van der Waals surface area contributed by atoms with Gasteiger partial charge in [-0.2, -0.15) is 5.10 Å². The second-order valence-electron chi connectivity index (χ2n) is 4.44. The third-order valence-corrected chi connectivity index (χ3v) is 2.37. The van der Waals surface area contributed by atoms with Crippen molar-refractivity contribution < 1.29 is 9.90 Å². The Bertz CT molecular complexity index is 547. The van der Waals surface area contributed by atoms with E-state index in [0.29, 0.717) is 11.2 Å². The Morgan fingerprint density at radius 1 is 1.59 bits per heavy atom. The van der Waals surface area contributed by atoms with E-state index in [9.17, 15) is 4.79 Å². The summed E-state index contributed by atoms with van der Waals surface area (Å²) in [5, 5.41) is 15.8. The zero-order valence-corrected chi connectivity index (χ0v) is 9.71. The van der Waals surface area contributed by atoms with E-state index in [4.69, 9.17) is 5.11 Å². The number of aliphatic hydroxyl groups excluding tert-OH is 1. The molecule has 0 saturated carbocycles. The van der Waals surface area contributed by atoms with Crippen molar-refractivity contribution in [1.82, 2.24) is 19.9 Å². The lowest BCUT2D eigenvalue weighted by Crippen LogP contribution is -2.46. The second kappa shape index (κ2) is 4.14. The molecule has 0 aromatic carbocycles. The fourth-order valence-corrected chi connectivity index (χ4v) is 1.40. The average molecular weight is 234 g/mol. The summed E-state index contributed by atoms with van der Waals surface area (Å²) in [7, 11) is 0. The first-order valence-corrected chi connectivity index (χ1v) is 5.25. The molecular formula is C11H14N4O2. The van der Waals surface area contributed by atoms with Gasteiger partial charge in [0.2, 0.25) is 0 Å². The Hall–Kier alpha value is -1.95. The Balaban J connectivity index is 2.31. The molecular weight excluding hydrogens is 220 g/mol. The smallest absolute Gasteiger partial charge is 0.257 e. The zero-order valence-electron chi connectivity index (χ0n) is 9.71. The number of fused-ring (bicyclic) bond motifs is 1. The Morgan fingerprint density at radius 3 is 3.06 bits per heavy atom. The van der Waals surface area contributed by atoms with Crippen molar-refractivity contribution in [1.29, 1.82) is 0 Å². The van der Waals surface area contributed by atoms with Gasteiger partial charge in [0.25, 0.3) is 5.91 Å². The highest BCUT2D eigenvalue weighted by atomic mass is 16.3. The van der Waals surface area contributed by atoms with Crippen LogP contribution in [0.25, 0.3) is 5.65 Å². The maximum absolute atomic E-state index is 12.0. The van der Waals surface area contributed by atoms with E-state index in [1.165, 1.54) is 10.7 Å². The van der Waals surface area contributed by atoms with Gasteiger partial charge in [-0.1, -0.05) is 0 Å². The Labute approximate surface area is 98.3 Å². The highest BCUT2D eigenvalue weighted by molar-refractivity contribution is 5.99. The monoisotopic (exact) mass is 234 g/mol. The SMILES string of the molecule is CC(C)(CO)NC(=O)c1cnn2cccnc12. The minimum Gasteiger partial charge on any atom is -0.394 e. The first-order chi connectivity index (χ1) is 8.03. The Kier molecular flexibility index (Phi) is 2.81. The molecule has 0 radical (unpaired) electrons. The van der Waals surface area contributed by atoms with Crippen molar-refractivity contribution in [2.75, 3.05) is 6.61 Å². The normalized spacial score (nSPS) is 11.7. The van der Waals surface area contributed by atoms with E-state index >= 15 is 0 Å². The van der Waals surface area contributed by atoms with Gasteiger partial charge in [-0.15, -0.1) is 0 Å². The summed E-state index contributed by atoms with van der Waals surface area (Å²) < 4.78 is 1.53. The molecule has 0 aliphatic heterocycles. The van der Waals surface area contributed by atoms with Gasteiger partial charge in [0.1, 0.15) is 5.56 Å². The molecule has 0 spiro atoms. The van der Waals surface area contributed by atoms with Gasteiger partial charge in [-0.05, 0) is 19.9 Å². The highest BCUT2D eigenvalue weighted by Gasteiger charge is 2.22. The van der Waals surface area contributed by atoms with E-state index in [2.05, 4.69) is 15.4 Å². The summed E-state index contributed by atoms with van der Waals surface area (Å²) in [6.45, 7) is 3.35. The van der Waals surface area contributed by atoms with Crippen LogP contribution in [0.3, 0.4) is 0 Å². The number of nitrogens with zero attached hydrogens (tertiary/aromatic N) is 3. The number of nitrogens with one attached hydrogen (secondary N) is 1. The number of rotatable bonds is 3. The largest absolute Gasteiger partial charge is 0.394 e. The van der Waals surface area contributed by atoms with Crippen LogP contribution in [0.2, 0.25) is 0 Å². The van der Waals surface area contributed by atoms with E-state index in [-0.39, 0.29) is 12.5 Å². The number of hydrogen-bond acceptors (Lipinski definition) is 4. The van der Waals surface area contributed by atoms with Gasteiger partial charge in [0.15, 0.2) is 5.65 Å². The molecule has 2 heterocycles. The van der Waals surface area contributed by atoms with E-state index in [0.717, 1.165) is 0 Å². The van der Waals surface area contributed by atoms with Crippen molar-refractivity contribution in [3.8, 4) is 0 Å². The first-order valence-electron chi connectivity index (χ1n) is 5.25. The summed E-state index contributed by atoms with van der Waals surface area (Å²) in [5.41, 5.74) is 0.228. The van der Waals surface area contributed by atoms with Gasteiger partial charge in [-0.25, -0.2) is 9.50 Å². The lowest BCUT2D eigenvalue weighted by Gasteiger charge is -2.22. The molecule has 6 heteroatoms. The first kappa shape index (κ1) is 11.5. The van der Waals surface area contributed by atoms with Gasteiger partial charge < -0.3 is 10.4 Å². The quantitative estimate of drug-likeness (QED) is 0.796. The minimum atomic E-state index is -0.667. The van der Waals surface area contributed by atoms with Crippen LogP contribution < -0.4 is 5.32 Å². The minimum absolute atomic E-state index is 0.134. The summed E-state index contributed by atoms with van der Waals surface area (Å²) in [6.07, 6.45) is 4.78. The van der Waals surface area contributed by atoms with Gasteiger partial charge in [-0.3, -0.25) is 4.79 Å². The molecule has 0 bridgehead atoms. The Morgan fingerprint density at radius 2 is 2.35 bits per heavy atom. The van der Waals surface area contributed by atoms with Crippen LogP contribution in [-0.2, 0) is 0 Å². The van der Waals surface area contributed by atoms with Crippen LogP contribution in [0.1, 0.15) is 24.2 Å². The molecule has 2 N–H and O–H groups in total.